The Hall–Kier alpha value is -4.38. The highest BCUT2D eigenvalue weighted by Gasteiger charge is 2.23. The van der Waals surface area contributed by atoms with Gasteiger partial charge in [0, 0.05) is 31.0 Å². The van der Waals surface area contributed by atoms with Crippen LogP contribution < -0.4 is 15.0 Å². The van der Waals surface area contributed by atoms with Gasteiger partial charge in [-0.3, -0.25) is 0 Å². The van der Waals surface area contributed by atoms with Crippen molar-refractivity contribution in [3.63, 3.8) is 0 Å². The molecule has 5 aromatic rings. The van der Waals surface area contributed by atoms with Gasteiger partial charge < -0.3 is 20.1 Å². The molecule has 1 aliphatic rings. The van der Waals surface area contributed by atoms with Gasteiger partial charge in [-0.1, -0.05) is 0 Å². The van der Waals surface area contributed by atoms with Crippen LogP contribution in [-0.2, 0) is 0 Å². The van der Waals surface area contributed by atoms with E-state index in [2.05, 4.69) is 35.3 Å². The number of anilines is 3. The van der Waals surface area contributed by atoms with Crippen molar-refractivity contribution in [1.29, 1.82) is 0 Å². The molecule has 11 heteroatoms. The van der Waals surface area contributed by atoms with Crippen LogP contribution in [0.15, 0.2) is 55.4 Å². The summed E-state index contributed by atoms with van der Waals surface area (Å²) in [5, 5.41) is 17.3. The molecular weight excluding hydrogens is 434 g/mol. The molecule has 1 fully saturated rings. The summed E-state index contributed by atoms with van der Waals surface area (Å²) in [5.74, 6) is 2.56. The number of aliphatic hydroxyl groups excluding tert-OH is 1. The van der Waals surface area contributed by atoms with Crippen molar-refractivity contribution in [3.8, 4) is 11.5 Å². The first-order valence-electron chi connectivity index (χ1n) is 10.9. The quantitative estimate of drug-likeness (QED) is 0.408. The fraction of sp³-hybridized carbons (Fsp3) is 0.217. The number of β-amino-alcohol motifs (C(OH)–C–C–N with tert-alkyl or cyclic N) is 1. The second-order valence-electron chi connectivity index (χ2n) is 8.15. The summed E-state index contributed by atoms with van der Waals surface area (Å²) in [4.78, 5) is 23.9. The van der Waals surface area contributed by atoms with Gasteiger partial charge in [0.25, 0.3) is 0 Å². The number of pyridine rings is 1. The molecule has 0 radical (unpaired) electrons. The van der Waals surface area contributed by atoms with Gasteiger partial charge in [0.15, 0.2) is 11.5 Å². The number of benzene rings is 1. The van der Waals surface area contributed by atoms with Crippen LogP contribution in [0.4, 0.5) is 17.5 Å². The maximum atomic E-state index is 9.85. The number of aliphatic hydroxyl groups is 1. The van der Waals surface area contributed by atoms with Crippen LogP contribution in [0.5, 0.6) is 11.5 Å². The summed E-state index contributed by atoms with van der Waals surface area (Å²) in [6.45, 7) is 3.22. The van der Waals surface area contributed by atoms with Gasteiger partial charge >= 0.3 is 0 Å². The minimum Gasteiger partial charge on any atom is -0.457 e. The lowest BCUT2D eigenvalue weighted by Crippen LogP contribution is -2.23. The molecule has 4 aromatic heterocycles. The summed E-state index contributed by atoms with van der Waals surface area (Å²) < 4.78 is 7.74. The van der Waals surface area contributed by atoms with Crippen molar-refractivity contribution in [2.75, 3.05) is 23.3 Å². The van der Waals surface area contributed by atoms with Gasteiger partial charge in [-0.25, -0.2) is 29.4 Å². The Kier molecular flexibility index (Phi) is 4.88. The van der Waals surface area contributed by atoms with E-state index in [1.807, 2.05) is 48.4 Å². The van der Waals surface area contributed by atoms with E-state index >= 15 is 0 Å². The Balaban J connectivity index is 1.26. The molecule has 170 valence electrons. The Morgan fingerprint density at radius 1 is 1.09 bits per heavy atom. The van der Waals surface area contributed by atoms with Crippen LogP contribution >= 0.6 is 0 Å². The highest BCUT2D eigenvalue weighted by atomic mass is 16.5. The second kappa shape index (κ2) is 8.19. The van der Waals surface area contributed by atoms with Crippen LogP contribution in [0.2, 0.25) is 0 Å². The molecule has 1 aromatic carbocycles. The van der Waals surface area contributed by atoms with Crippen molar-refractivity contribution in [2.45, 2.75) is 19.4 Å². The number of hydrogen-bond acceptors (Lipinski definition) is 10. The Labute approximate surface area is 194 Å². The lowest BCUT2D eigenvalue weighted by atomic mass is 10.2. The van der Waals surface area contributed by atoms with E-state index in [9.17, 15) is 5.11 Å². The number of aromatic nitrogens is 7. The minimum absolute atomic E-state index is 0.356. The van der Waals surface area contributed by atoms with E-state index in [0.717, 1.165) is 17.0 Å². The summed E-state index contributed by atoms with van der Waals surface area (Å²) >= 11 is 0. The number of fused-ring (bicyclic) bond motifs is 2. The Morgan fingerprint density at radius 2 is 2.03 bits per heavy atom. The van der Waals surface area contributed by atoms with E-state index in [4.69, 9.17) is 4.74 Å². The van der Waals surface area contributed by atoms with Gasteiger partial charge in [0.2, 0.25) is 5.95 Å². The number of hydrogen-bond donors (Lipinski definition) is 2. The zero-order valence-corrected chi connectivity index (χ0v) is 18.3. The Morgan fingerprint density at radius 3 is 2.88 bits per heavy atom. The van der Waals surface area contributed by atoms with Crippen LogP contribution in [0.3, 0.4) is 0 Å². The third-order valence-corrected chi connectivity index (χ3v) is 5.73. The Bertz CT molecular complexity index is 1500. The maximum absolute atomic E-state index is 9.85. The number of ether oxygens (including phenoxy) is 1. The van der Waals surface area contributed by atoms with Gasteiger partial charge in [0.1, 0.15) is 35.2 Å². The fourth-order valence-electron chi connectivity index (χ4n) is 3.98. The van der Waals surface area contributed by atoms with Crippen LogP contribution in [0.25, 0.3) is 16.7 Å². The third kappa shape index (κ3) is 3.82. The zero-order valence-electron chi connectivity index (χ0n) is 18.3. The standard InChI is InChI=1S/C23H21N9O2/c1-14-8-15(2-3-19(14)34-17-5-7-32-20(9-17)26-13-28-32)29-22-21-18(25-12-27-22)10-24-23(30-21)31-6-4-16(33)11-31/h2-3,5,7-10,12-13,16,33H,4,6,11H2,1H3,(H,25,27,29). The molecule has 1 unspecified atom stereocenters. The zero-order chi connectivity index (χ0) is 23.1. The van der Waals surface area contributed by atoms with Crippen LogP contribution in [-0.4, -0.2) is 58.8 Å². The molecule has 5 heterocycles. The number of rotatable bonds is 5. The highest BCUT2D eigenvalue weighted by Crippen LogP contribution is 2.30. The predicted octanol–water partition coefficient (Wildman–Crippen LogP) is 2.88. The smallest absolute Gasteiger partial charge is 0.226 e. The lowest BCUT2D eigenvalue weighted by Gasteiger charge is -2.16. The van der Waals surface area contributed by atoms with Gasteiger partial charge in [0.05, 0.1) is 12.3 Å². The number of nitrogens with one attached hydrogen (secondary N) is 1. The van der Waals surface area contributed by atoms with E-state index < -0.39 is 0 Å². The summed E-state index contributed by atoms with van der Waals surface area (Å²) in [6, 6.07) is 9.49. The lowest BCUT2D eigenvalue weighted by molar-refractivity contribution is 0.198. The molecule has 34 heavy (non-hydrogen) atoms. The van der Waals surface area contributed by atoms with Crippen molar-refractivity contribution < 1.29 is 9.84 Å². The molecule has 1 aliphatic heterocycles. The monoisotopic (exact) mass is 455 g/mol. The molecule has 0 aliphatic carbocycles. The highest BCUT2D eigenvalue weighted by molar-refractivity contribution is 5.87. The first-order valence-corrected chi connectivity index (χ1v) is 10.9. The summed E-state index contributed by atoms with van der Waals surface area (Å²) in [5.41, 5.74) is 3.77. The van der Waals surface area contributed by atoms with E-state index in [1.54, 1.807) is 10.7 Å². The molecule has 2 N–H and O–H groups in total. The molecule has 1 saturated heterocycles. The van der Waals surface area contributed by atoms with E-state index in [-0.39, 0.29) is 6.10 Å². The minimum atomic E-state index is -0.356. The molecular formula is C23H21N9O2. The van der Waals surface area contributed by atoms with Gasteiger partial charge in [-0.2, -0.15) is 5.10 Å². The van der Waals surface area contributed by atoms with Crippen molar-refractivity contribution >= 4 is 34.1 Å². The molecule has 0 saturated carbocycles. The molecule has 6 rings (SSSR count). The predicted molar refractivity (Wildman–Crippen MR) is 125 cm³/mol. The average Bonchev–Trinajstić information content (AvgIpc) is 3.49. The van der Waals surface area contributed by atoms with E-state index in [0.29, 0.717) is 53.7 Å². The molecule has 1 atom stereocenters. The number of aryl methyl sites for hydroxylation is 1. The topological polar surface area (TPSA) is 126 Å². The average molecular weight is 455 g/mol. The largest absolute Gasteiger partial charge is 0.457 e. The molecule has 11 nitrogen and oxygen atoms in total. The maximum Gasteiger partial charge on any atom is 0.226 e. The first-order chi connectivity index (χ1) is 16.6. The fourth-order valence-corrected chi connectivity index (χ4v) is 3.98. The van der Waals surface area contributed by atoms with Crippen molar-refractivity contribution in [1.82, 2.24) is 34.5 Å². The number of nitrogens with zero attached hydrogens (tertiary/aromatic N) is 8. The van der Waals surface area contributed by atoms with Gasteiger partial charge in [-0.05, 0) is 43.2 Å². The van der Waals surface area contributed by atoms with Gasteiger partial charge in [-0.15, -0.1) is 0 Å². The van der Waals surface area contributed by atoms with Crippen LogP contribution in [0.1, 0.15) is 12.0 Å². The molecule has 0 spiro atoms. The van der Waals surface area contributed by atoms with Crippen molar-refractivity contribution in [2.24, 2.45) is 0 Å². The normalized spacial score (nSPS) is 15.8. The van der Waals surface area contributed by atoms with Crippen LogP contribution in [0, 0.1) is 6.92 Å². The van der Waals surface area contributed by atoms with E-state index in [1.165, 1.54) is 12.7 Å². The first kappa shape index (κ1) is 20.2. The van der Waals surface area contributed by atoms with Crippen molar-refractivity contribution in [3.05, 3.63) is 60.9 Å². The third-order valence-electron chi connectivity index (χ3n) is 5.73. The summed E-state index contributed by atoms with van der Waals surface area (Å²) in [7, 11) is 0. The second-order valence-corrected chi connectivity index (χ2v) is 8.15. The molecule has 0 bridgehead atoms. The molecule has 0 amide bonds. The summed E-state index contributed by atoms with van der Waals surface area (Å²) in [6.07, 6.45) is 6.83. The SMILES string of the molecule is Cc1cc(Nc2ncnc3cnc(N4CCC(O)C4)nc23)ccc1Oc1ccn2ncnc2c1.